The Morgan fingerprint density at radius 1 is 1.44 bits per heavy atom. The molecular weight excluding hydrogens is 202 g/mol. The minimum Gasteiger partial charge on any atom is -0.464 e. The van der Waals surface area contributed by atoms with Crippen molar-refractivity contribution in [2.45, 2.75) is 34.2 Å². The number of nitrogens with zero attached hydrogens (tertiary/aromatic N) is 2. The smallest absolute Gasteiger partial charge is 0.316 e. The number of aromatic nitrogens is 2. The largest absolute Gasteiger partial charge is 0.464 e. The topological polar surface area (TPSA) is 47.0 Å². The predicted octanol–water partition coefficient (Wildman–Crippen LogP) is 1.93. The minimum atomic E-state index is 0.465. The van der Waals surface area contributed by atoms with E-state index in [1.165, 1.54) is 0 Å². The van der Waals surface area contributed by atoms with Crippen molar-refractivity contribution in [1.82, 2.24) is 15.3 Å². The summed E-state index contributed by atoms with van der Waals surface area (Å²) in [6, 6.07) is 0.465. The number of aryl methyl sites for hydroxylation is 1. The third kappa shape index (κ3) is 4.14. The Hall–Kier alpha value is -1.16. The van der Waals surface area contributed by atoms with Crippen LogP contribution in [0.15, 0.2) is 6.20 Å². The highest BCUT2D eigenvalue weighted by atomic mass is 16.5. The maximum atomic E-state index is 5.24. The van der Waals surface area contributed by atoms with E-state index < -0.39 is 0 Å². The van der Waals surface area contributed by atoms with Gasteiger partial charge in [0, 0.05) is 24.0 Å². The van der Waals surface area contributed by atoms with Crippen LogP contribution in [0.2, 0.25) is 0 Å². The van der Waals surface area contributed by atoms with Crippen molar-refractivity contribution in [3.05, 3.63) is 17.5 Å². The average molecular weight is 223 g/mol. The summed E-state index contributed by atoms with van der Waals surface area (Å²) in [5, 5.41) is 3.37. The van der Waals surface area contributed by atoms with Crippen molar-refractivity contribution in [3.8, 4) is 6.01 Å². The van der Waals surface area contributed by atoms with Gasteiger partial charge in [-0.15, -0.1) is 0 Å². The predicted molar refractivity (Wildman–Crippen MR) is 64.5 cm³/mol. The Morgan fingerprint density at radius 3 is 2.75 bits per heavy atom. The molecule has 0 fully saturated rings. The standard InChI is InChI=1S/C12H21N3O/c1-5-16-12-14-8-11(10(4)15-12)7-13-6-9(2)3/h8-9,13H,5-7H2,1-4H3. The van der Waals surface area contributed by atoms with Gasteiger partial charge >= 0.3 is 6.01 Å². The van der Waals surface area contributed by atoms with E-state index in [0.29, 0.717) is 18.5 Å². The first-order valence-corrected chi connectivity index (χ1v) is 5.79. The van der Waals surface area contributed by atoms with Crippen molar-refractivity contribution in [1.29, 1.82) is 0 Å². The second-order valence-electron chi connectivity index (χ2n) is 4.22. The summed E-state index contributed by atoms with van der Waals surface area (Å²) in [6.07, 6.45) is 1.83. The summed E-state index contributed by atoms with van der Waals surface area (Å²) in [5.74, 6) is 0.656. The Balaban J connectivity index is 2.54. The SMILES string of the molecule is CCOc1ncc(CNCC(C)C)c(C)n1. The fourth-order valence-electron chi connectivity index (χ4n) is 1.34. The molecule has 0 saturated carbocycles. The minimum absolute atomic E-state index is 0.465. The fraction of sp³-hybridized carbons (Fsp3) is 0.667. The molecule has 1 rings (SSSR count). The molecule has 0 spiro atoms. The molecule has 0 atom stereocenters. The molecule has 16 heavy (non-hydrogen) atoms. The Morgan fingerprint density at radius 2 is 2.19 bits per heavy atom. The molecule has 1 heterocycles. The van der Waals surface area contributed by atoms with Crippen LogP contribution in [0.4, 0.5) is 0 Å². The number of rotatable bonds is 6. The number of nitrogens with one attached hydrogen (secondary N) is 1. The quantitative estimate of drug-likeness (QED) is 0.800. The lowest BCUT2D eigenvalue weighted by molar-refractivity contribution is 0.311. The fourth-order valence-corrected chi connectivity index (χ4v) is 1.34. The normalized spacial score (nSPS) is 10.8. The molecule has 4 heteroatoms. The van der Waals surface area contributed by atoms with Gasteiger partial charge in [-0.25, -0.2) is 9.97 Å². The van der Waals surface area contributed by atoms with Crippen molar-refractivity contribution in [3.63, 3.8) is 0 Å². The van der Waals surface area contributed by atoms with Crippen LogP contribution in [-0.4, -0.2) is 23.1 Å². The van der Waals surface area contributed by atoms with Crippen molar-refractivity contribution >= 4 is 0 Å². The van der Waals surface area contributed by atoms with Gasteiger partial charge in [-0.1, -0.05) is 13.8 Å². The zero-order valence-corrected chi connectivity index (χ0v) is 10.6. The van der Waals surface area contributed by atoms with Crippen molar-refractivity contribution in [2.75, 3.05) is 13.2 Å². The Kier molecular flexibility index (Phi) is 5.19. The molecule has 1 N–H and O–H groups in total. The molecule has 0 saturated heterocycles. The van der Waals surface area contributed by atoms with E-state index in [9.17, 15) is 0 Å². The zero-order valence-electron chi connectivity index (χ0n) is 10.6. The van der Waals surface area contributed by atoms with Gasteiger partial charge in [0.2, 0.25) is 0 Å². The molecule has 1 aromatic heterocycles. The van der Waals surface area contributed by atoms with Crippen LogP contribution < -0.4 is 10.1 Å². The van der Waals surface area contributed by atoms with Gasteiger partial charge in [0.1, 0.15) is 0 Å². The lowest BCUT2D eigenvalue weighted by Crippen LogP contribution is -2.20. The summed E-state index contributed by atoms with van der Waals surface area (Å²) in [4.78, 5) is 8.44. The summed E-state index contributed by atoms with van der Waals surface area (Å²) in [5.41, 5.74) is 2.11. The first-order chi connectivity index (χ1) is 7.63. The van der Waals surface area contributed by atoms with E-state index in [1.807, 2.05) is 20.0 Å². The third-order valence-corrected chi connectivity index (χ3v) is 2.20. The Bertz CT molecular complexity index is 326. The molecule has 0 unspecified atom stereocenters. The van der Waals surface area contributed by atoms with Gasteiger partial charge in [0.25, 0.3) is 0 Å². The molecule has 0 bridgehead atoms. The molecule has 0 aromatic carbocycles. The number of ether oxygens (including phenoxy) is 1. The van der Waals surface area contributed by atoms with E-state index in [4.69, 9.17) is 4.74 Å². The van der Waals surface area contributed by atoms with Crippen molar-refractivity contribution < 1.29 is 4.74 Å². The molecule has 0 amide bonds. The third-order valence-electron chi connectivity index (χ3n) is 2.20. The van der Waals surface area contributed by atoms with Crippen LogP contribution in [0.25, 0.3) is 0 Å². The van der Waals surface area contributed by atoms with Crippen molar-refractivity contribution in [2.24, 2.45) is 5.92 Å². The van der Waals surface area contributed by atoms with Crippen LogP contribution in [-0.2, 0) is 6.54 Å². The highest BCUT2D eigenvalue weighted by Gasteiger charge is 2.03. The van der Waals surface area contributed by atoms with Crippen LogP contribution in [0.3, 0.4) is 0 Å². The highest BCUT2D eigenvalue weighted by molar-refractivity contribution is 5.17. The highest BCUT2D eigenvalue weighted by Crippen LogP contribution is 2.08. The van der Waals surface area contributed by atoms with E-state index in [0.717, 1.165) is 24.3 Å². The molecule has 0 aliphatic carbocycles. The van der Waals surface area contributed by atoms with Crippen LogP contribution in [0.1, 0.15) is 32.0 Å². The van der Waals surface area contributed by atoms with Gasteiger partial charge in [-0.3, -0.25) is 0 Å². The van der Waals surface area contributed by atoms with Crippen LogP contribution in [0, 0.1) is 12.8 Å². The van der Waals surface area contributed by atoms with Gasteiger partial charge in [0.05, 0.1) is 6.61 Å². The lowest BCUT2D eigenvalue weighted by Gasteiger charge is -2.09. The summed E-state index contributed by atoms with van der Waals surface area (Å²) >= 11 is 0. The van der Waals surface area contributed by atoms with Crippen LogP contribution >= 0.6 is 0 Å². The van der Waals surface area contributed by atoms with E-state index in [2.05, 4.69) is 29.1 Å². The summed E-state index contributed by atoms with van der Waals surface area (Å²) < 4.78 is 5.24. The first kappa shape index (κ1) is 12.9. The Labute approximate surface area is 97.5 Å². The number of hydrogen-bond donors (Lipinski definition) is 1. The van der Waals surface area contributed by atoms with Gasteiger partial charge < -0.3 is 10.1 Å². The molecule has 0 aliphatic heterocycles. The second-order valence-corrected chi connectivity index (χ2v) is 4.22. The van der Waals surface area contributed by atoms with E-state index in [1.54, 1.807) is 0 Å². The number of hydrogen-bond acceptors (Lipinski definition) is 4. The first-order valence-electron chi connectivity index (χ1n) is 5.79. The second kappa shape index (κ2) is 6.43. The van der Waals surface area contributed by atoms with E-state index in [-0.39, 0.29) is 0 Å². The van der Waals surface area contributed by atoms with Gasteiger partial charge in [0.15, 0.2) is 0 Å². The summed E-state index contributed by atoms with van der Waals surface area (Å²) in [6.45, 7) is 10.7. The summed E-state index contributed by atoms with van der Waals surface area (Å²) in [7, 11) is 0. The zero-order chi connectivity index (χ0) is 12.0. The average Bonchev–Trinajstić information content (AvgIpc) is 2.21. The monoisotopic (exact) mass is 223 g/mol. The van der Waals surface area contributed by atoms with E-state index >= 15 is 0 Å². The maximum absolute atomic E-state index is 5.24. The lowest BCUT2D eigenvalue weighted by atomic mass is 10.2. The molecule has 0 radical (unpaired) electrons. The molecule has 4 nitrogen and oxygen atoms in total. The molecule has 90 valence electrons. The molecular formula is C12H21N3O. The molecule has 1 aromatic rings. The molecule has 0 aliphatic rings. The van der Waals surface area contributed by atoms with Gasteiger partial charge in [-0.2, -0.15) is 0 Å². The van der Waals surface area contributed by atoms with Crippen LogP contribution in [0.5, 0.6) is 6.01 Å². The maximum Gasteiger partial charge on any atom is 0.316 e. The van der Waals surface area contributed by atoms with Gasteiger partial charge in [-0.05, 0) is 26.3 Å².